The first-order chi connectivity index (χ1) is 12.2. The van der Waals surface area contributed by atoms with E-state index in [9.17, 15) is 4.79 Å². The summed E-state index contributed by atoms with van der Waals surface area (Å²) in [4.78, 5) is 12.4. The molecule has 5 nitrogen and oxygen atoms in total. The van der Waals surface area contributed by atoms with Crippen molar-refractivity contribution in [1.29, 1.82) is 0 Å². The average molecular weight is 354 g/mol. The van der Waals surface area contributed by atoms with Crippen LogP contribution in [0.3, 0.4) is 0 Å². The van der Waals surface area contributed by atoms with Gasteiger partial charge in [-0.15, -0.1) is 0 Å². The summed E-state index contributed by atoms with van der Waals surface area (Å²) in [6.07, 6.45) is 3.41. The molecule has 2 aromatic carbocycles. The van der Waals surface area contributed by atoms with Crippen LogP contribution in [0.2, 0.25) is 5.02 Å². The van der Waals surface area contributed by atoms with Gasteiger partial charge < -0.3 is 10.1 Å². The van der Waals surface area contributed by atoms with E-state index in [1.165, 1.54) is 0 Å². The molecule has 1 atom stereocenters. The van der Waals surface area contributed by atoms with Crippen LogP contribution in [0.1, 0.15) is 11.1 Å². The molecule has 0 saturated heterocycles. The lowest BCUT2D eigenvalue weighted by Crippen LogP contribution is -2.31. The van der Waals surface area contributed by atoms with E-state index in [0.29, 0.717) is 29.4 Å². The first-order valence-electron chi connectivity index (χ1n) is 8.00. The number of hydrogen-bond donors (Lipinski definition) is 1. The molecule has 0 radical (unpaired) electrons. The molecule has 1 amide bonds. The average Bonchev–Trinajstić information content (AvgIpc) is 3.22. The van der Waals surface area contributed by atoms with Gasteiger partial charge in [-0.25, -0.2) is 0 Å². The van der Waals surface area contributed by atoms with Gasteiger partial charge >= 0.3 is 0 Å². The Labute approximate surface area is 150 Å². The number of carbonyl (C=O) groups is 1. The summed E-state index contributed by atoms with van der Waals surface area (Å²) in [6.45, 7) is 0.653. The minimum absolute atomic E-state index is 0.188. The molecular formula is C19H16ClN3O2. The van der Waals surface area contributed by atoms with E-state index < -0.39 is 6.10 Å². The fourth-order valence-electron chi connectivity index (χ4n) is 2.87. The van der Waals surface area contributed by atoms with Crippen molar-refractivity contribution in [2.24, 2.45) is 0 Å². The molecule has 126 valence electrons. The van der Waals surface area contributed by atoms with Gasteiger partial charge in [0.15, 0.2) is 6.10 Å². The summed E-state index contributed by atoms with van der Waals surface area (Å²) >= 11 is 5.98. The fraction of sp³-hybridized carbons (Fsp3) is 0.158. The summed E-state index contributed by atoms with van der Waals surface area (Å²) in [5.74, 6) is 0.524. The van der Waals surface area contributed by atoms with Crippen LogP contribution in [0.4, 0.5) is 5.69 Å². The highest BCUT2D eigenvalue weighted by atomic mass is 35.5. The molecule has 25 heavy (non-hydrogen) atoms. The van der Waals surface area contributed by atoms with Crippen LogP contribution in [0.15, 0.2) is 60.9 Å². The number of aromatic nitrogens is 2. The number of ether oxygens (including phenoxy) is 1. The van der Waals surface area contributed by atoms with Crippen LogP contribution in [0.25, 0.3) is 0 Å². The Bertz CT molecular complexity index is 908. The van der Waals surface area contributed by atoms with Gasteiger partial charge in [0.25, 0.3) is 5.91 Å². The van der Waals surface area contributed by atoms with E-state index in [1.54, 1.807) is 23.0 Å². The van der Waals surface area contributed by atoms with Gasteiger partial charge in [0.1, 0.15) is 5.75 Å². The zero-order valence-electron chi connectivity index (χ0n) is 13.4. The molecule has 0 bridgehead atoms. The van der Waals surface area contributed by atoms with E-state index in [2.05, 4.69) is 10.4 Å². The number of benzene rings is 2. The van der Waals surface area contributed by atoms with Crippen molar-refractivity contribution in [3.8, 4) is 5.75 Å². The topological polar surface area (TPSA) is 56.2 Å². The van der Waals surface area contributed by atoms with Gasteiger partial charge in [-0.2, -0.15) is 5.10 Å². The molecule has 0 fully saturated rings. The third kappa shape index (κ3) is 3.51. The third-order valence-corrected chi connectivity index (χ3v) is 4.31. The van der Waals surface area contributed by atoms with Gasteiger partial charge in [-0.05, 0) is 29.3 Å². The molecule has 6 heteroatoms. The summed E-state index contributed by atoms with van der Waals surface area (Å²) in [7, 11) is 0. The van der Waals surface area contributed by atoms with Gasteiger partial charge in [0.2, 0.25) is 0 Å². The lowest BCUT2D eigenvalue weighted by atomic mass is 10.1. The third-order valence-electron chi connectivity index (χ3n) is 4.08. The molecule has 0 unspecified atom stereocenters. The Balaban J connectivity index is 1.39. The molecule has 2 heterocycles. The maximum atomic E-state index is 12.4. The predicted molar refractivity (Wildman–Crippen MR) is 96.0 cm³/mol. The van der Waals surface area contributed by atoms with Crippen LogP contribution < -0.4 is 10.1 Å². The second-order valence-electron chi connectivity index (χ2n) is 5.96. The van der Waals surface area contributed by atoms with Crippen LogP contribution >= 0.6 is 11.6 Å². The Morgan fingerprint density at radius 2 is 2.12 bits per heavy atom. The number of fused-ring (bicyclic) bond motifs is 1. The van der Waals surface area contributed by atoms with Gasteiger partial charge in [0.05, 0.1) is 18.4 Å². The fourth-order valence-corrected chi connectivity index (χ4v) is 3.07. The lowest BCUT2D eigenvalue weighted by Gasteiger charge is -2.09. The molecule has 4 rings (SSSR count). The Kier molecular flexibility index (Phi) is 4.15. The highest BCUT2D eigenvalue weighted by Gasteiger charge is 2.29. The number of amides is 1. The molecule has 1 aromatic heterocycles. The van der Waals surface area contributed by atoms with Crippen LogP contribution in [0.5, 0.6) is 5.75 Å². The zero-order chi connectivity index (χ0) is 17.2. The maximum absolute atomic E-state index is 12.4. The smallest absolute Gasteiger partial charge is 0.265 e. The van der Waals surface area contributed by atoms with Gasteiger partial charge in [0, 0.05) is 17.6 Å². The largest absolute Gasteiger partial charge is 0.480 e. The lowest BCUT2D eigenvalue weighted by molar-refractivity contribution is -0.122. The van der Waals surface area contributed by atoms with Crippen molar-refractivity contribution < 1.29 is 9.53 Å². The van der Waals surface area contributed by atoms with Crippen molar-refractivity contribution >= 4 is 23.2 Å². The first kappa shape index (κ1) is 15.7. The van der Waals surface area contributed by atoms with Crippen LogP contribution in [-0.2, 0) is 17.8 Å². The molecule has 0 spiro atoms. The monoisotopic (exact) mass is 353 g/mol. The van der Waals surface area contributed by atoms with E-state index in [4.69, 9.17) is 16.3 Å². The molecule has 3 aromatic rings. The quantitative estimate of drug-likeness (QED) is 0.780. The minimum Gasteiger partial charge on any atom is -0.480 e. The number of anilines is 1. The summed E-state index contributed by atoms with van der Waals surface area (Å²) in [6, 6.07) is 15.4. The summed E-state index contributed by atoms with van der Waals surface area (Å²) in [5, 5.41) is 7.79. The number of carbonyl (C=O) groups excluding carboxylic acids is 1. The van der Waals surface area contributed by atoms with Crippen molar-refractivity contribution in [3.63, 3.8) is 0 Å². The Morgan fingerprint density at radius 1 is 1.28 bits per heavy atom. The van der Waals surface area contributed by atoms with Gasteiger partial charge in [-0.3, -0.25) is 9.48 Å². The Hall–Kier alpha value is -2.79. The predicted octanol–water partition coefficient (Wildman–Crippen LogP) is 3.53. The number of halogens is 1. The molecule has 0 saturated carbocycles. The van der Waals surface area contributed by atoms with Crippen molar-refractivity contribution in [1.82, 2.24) is 9.78 Å². The molecule has 1 N–H and O–H groups in total. The normalized spacial score (nSPS) is 15.5. The van der Waals surface area contributed by atoms with Crippen LogP contribution in [0, 0.1) is 0 Å². The van der Waals surface area contributed by atoms with E-state index >= 15 is 0 Å². The van der Waals surface area contributed by atoms with Crippen LogP contribution in [-0.4, -0.2) is 21.8 Å². The summed E-state index contributed by atoms with van der Waals surface area (Å²) < 4.78 is 7.49. The summed E-state index contributed by atoms with van der Waals surface area (Å²) in [5.41, 5.74) is 2.75. The van der Waals surface area contributed by atoms with Crippen molar-refractivity contribution in [3.05, 3.63) is 77.1 Å². The van der Waals surface area contributed by atoms with E-state index in [0.717, 1.165) is 11.1 Å². The first-order valence-corrected chi connectivity index (χ1v) is 8.37. The molecular weight excluding hydrogens is 338 g/mol. The Morgan fingerprint density at radius 3 is 2.96 bits per heavy atom. The number of nitrogens with one attached hydrogen (secondary N) is 1. The minimum atomic E-state index is -0.550. The number of hydrogen-bond acceptors (Lipinski definition) is 3. The van der Waals surface area contributed by atoms with Crippen molar-refractivity contribution in [2.45, 2.75) is 19.1 Å². The van der Waals surface area contributed by atoms with Crippen molar-refractivity contribution in [2.75, 3.05) is 5.32 Å². The second kappa shape index (κ2) is 6.61. The molecule has 1 aliphatic heterocycles. The van der Waals surface area contributed by atoms with E-state index in [-0.39, 0.29) is 5.91 Å². The van der Waals surface area contributed by atoms with Gasteiger partial charge in [-0.1, -0.05) is 41.9 Å². The number of nitrogens with zero attached hydrogens (tertiary/aromatic N) is 2. The SMILES string of the molecule is O=C(Nc1cnn(Cc2ccccc2)c1)[C@@H]1Cc2cc(Cl)ccc2O1. The zero-order valence-corrected chi connectivity index (χ0v) is 14.1. The maximum Gasteiger partial charge on any atom is 0.265 e. The molecule has 1 aliphatic rings. The van der Waals surface area contributed by atoms with E-state index in [1.807, 2.05) is 42.6 Å². The molecule has 0 aliphatic carbocycles. The highest BCUT2D eigenvalue weighted by Crippen LogP contribution is 2.31. The number of rotatable bonds is 4. The highest BCUT2D eigenvalue weighted by molar-refractivity contribution is 6.30. The second-order valence-corrected chi connectivity index (χ2v) is 6.40. The standard InChI is InChI=1S/C19H16ClN3O2/c20-15-6-7-17-14(8-15)9-18(25-17)19(24)22-16-10-21-23(12-16)11-13-4-2-1-3-5-13/h1-8,10,12,18H,9,11H2,(H,22,24)/t18-/m0/s1.